The quantitative estimate of drug-likeness (QED) is 0.748. The summed E-state index contributed by atoms with van der Waals surface area (Å²) in [5.41, 5.74) is 6.06. The number of nitrogens with two attached hydrogens (primary N) is 1. The van der Waals surface area contributed by atoms with E-state index >= 15 is 0 Å². The second-order valence-electron chi connectivity index (χ2n) is 3.20. The fourth-order valence-corrected chi connectivity index (χ4v) is 1.11. The first kappa shape index (κ1) is 10.2. The third-order valence-corrected chi connectivity index (χ3v) is 2.35. The summed E-state index contributed by atoms with van der Waals surface area (Å²) in [5, 5.41) is 4.35. The molecular formula is C9H17N3O. The normalized spacial score (nSPS) is 15.7. The van der Waals surface area contributed by atoms with Gasteiger partial charge in [0.25, 0.3) is 0 Å². The Kier molecular flexibility index (Phi) is 3.06. The molecule has 0 saturated carbocycles. The van der Waals surface area contributed by atoms with Crippen molar-refractivity contribution in [1.82, 2.24) is 9.78 Å². The predicted octanol–water partition coefficient (Wildman–Crippen LogP) is 0.723. The first-order chi connectivity index (χ1) is 6.16. The van der Waals surface area contributed by atoms with E-state index in [4.69, 9.17) is 10.5 Å². The van der Waals surface area contributed by atoms with Crippen molar-refractivity contribution in [1.29, 1.82) is 0 Å². The van der Waals surface area contributed by atoms with Crippen molar-refractivity contribution in [3.8, 4) is 0 Å². The molecule has 1 unspecified atom stereocenters. The first-order valence-corrected chi connectivity index (χ1v) is 4.45. The van der Waals surface area contributed by atoms with Crippen LogP contribution in [0.25, 0.3) is 0 Å². The molecule has 13 heavy (non-hydrogen) atoms. The van der Waals surface area contributed by atoms with Gasteiger partial charge in [0.15, 0.2) is 0 Å². The molecule has 0 radical (unpaired) electrons. The zero-order valence-electron chi connectivity index (χ0n) is 8.45. The molecule has 74 valence electrons. The van der Waals surface area contributed by atoms with E-state index in [1.807, 2.05) is 30.8 Å². The van der Waals surface area contributed by atoms with Gasteiger partial charge in [-0.2, -0.15) is 5.10 Å². The maximum absolute atomic E-state index is 5.63. The summed E-state index contributed by atoms with van der Waals surface area (Å²) in [6.07, 6.45) is 1.93. The third kappa shape index (κ3) is 1.89. The van der Waals surface area contributed by atoms with Crippen LogP contribution in [-0.4, -0.2) is 23.4 Å². The van der Waals surface area contributed by atoms with Crippen LogP contribution in [0.1, 0.15) is 19.5 Å². The van der Waals surface area contributed by atoms with Crippen LogP contribution < -0.4 is 5.73 Å². The van der Waals surface area contributed by atoms with Crippen molar-refractivity contribution in [3.63, 3.8) is 0 Å². The zero-order valence-corrected chi connectivity index (χ0v) is 8.45. The van der Waals surface area contributed by atoms with Gasteiger partial charge < -0.3 is 10.5 Å². The highest BCUT2D eigenvalue weighted by Gasteiger charge is 2.26. The van der Waals surface area contributed by atoms with E-state index in [9.17, 15) is 0 Å². The number of ether oxygens (including phenoxy) is 1. The number of hydrogen-bond acceptors (Lipinski definition) is 3. The molecule has 0 aliphatic heterocycles. The Morgan fingerprint density at radius 1 is 1.69 bits per heavy atom. The topological polar surface area (TPSA) is 53.1 Å². The highest BCUT2D eigenvalue weighted by Crippen LogP contribution is 2.20. The van der Waals surface area contributed by atoms with Crippen molar-refractivity contribution in [3.05, 3.63) is 18.0 Å². The van der Waals surface area contributed by atoms with Crippen LogP contribution in [0.5, 0.6) is 0 Å². The Hall–Kier alpha value is -0.870. The van der Waals surface area contributed by atoms with Crippen LogP contribution in [0.3, 0.4) is 0 Å². The summed E-state index contributed by atoms with van der Waals surface area (Å²) < 4.78 is 7.19. The molecule has 1 aromatic rings. The van der Waals surface area contributed by atoms with Gasteiger partial charge in [-0.25, -0.2) is 0 Å². The number of methoxy groups -OCH3 is 1. The number of aromatic nitrogens is 2. The molecule has 0 saturated heterocycles. The smallest absolute Gasteiger partial charge is 0.121 e. The van der Waals surface area contributed by atoms with Gasteiger partial charge in [0, 0.05) is 26.4 Å². The zero-order chi connectivity index (χ0) is 9.90. The first-order valence-electron chi connectivity index (χ1n) is 4.45. The summed E-state index contributed by atoms with van der Waals surface area (Å²) in [6.45, 7) is 5.29. The minimum atomic E-state index is -0.458. The van der Waals surface area contributed by atoms with E-state index in [-0.39, 0.29) is 0 Å². The number of hydrogen-bond donors (Lipinski definition) is 1. The van der Waals surface area contributed by atoms with Crippen molar-refractivity contribution in [2.24, 2.45) is 5.73 Å². The molecule has 1 aromatic heterocycles. The minimum absolute atomic E-state index is 0.435. The van der Waals surface area contributed by atoms with Crippen LogP contribution in [0.4, 0.5) is 0 Å². The highest BCUT2D eigenvalue weighted by molar-refractivity contribution is 5.10. The molecule has 0 aliphatic rings. The van der Waals surface area contributed by atoms with Gasteiger partial charge in [0.05, 0.1) is 5.69 Å². The number of rotatable bonds is 4. The number of nitrogens with zero attached hydrogens (tertiary/aromatic N) is 2. The third-order valence-electron chi connectivity index (χ3n) is 2.35. The van der Waals surface area contributed by atoms with E-state index in [1.54, 1.807) is 7.11 Å². The van der Waals surface area contributed by atoms with Crippen LogP contribution in [0.2, 0.25) is 0 Å². The van der Waals surface area contributed by atoms with Crippen molar-refractivity contribution in [2.45, 2.75) is 26.0 Å². The Bertz CT molecular complexity index is 266. The second kappa shape index (κ2) is 3.89. The van der Waals surface area contributed by atoms with E-state index in [1.165, 1.54) is 0 Å². The van der Waals surface area contributed by atoms with Crippen LogP contribution in [0.15, 0.2) is 12.3 Å². The van der Waals surface area contributed by atoms with E-state index < -0.39 is 5.60 Å². The van der Waals surface area contributed by atoms with Crippen molar-refractivity contribution < 1.29 is 4.74 Å². The molecule has 0 fully saturated rings. The molecule has 2 N–H and O–H groups in total. The lowest BCUT2D eigenvalue weighted by molar-refractivity contribution is 0.00591. The molecule has 0 amide bonds. The molecule has 0 aliphatic carbocycles. The standard InChI is InChI=1S/C9H17N3O/c1-4-12-6-5-8(11-12)9(2,7-10)13-3/h5-6H,4,7,10H2,1-3H3. The van der Waals surface area contributed by atoms with Crippen LogP contribution in [0, 0.1) is 0 Å². The fourth-order valence-electron chi connectivity index (χ4n) is 1.11. The number of aryl methyl sites for hydroxylation is 1. The predicted molar refractivity (Wildman–Crippen MR) is 51.3 cm³/mol. The summed E-state index contributed by atoms with van der Waals surface area (Å²) >= 11 is 0. The molecule has 1 heterocycles. The Morgan fingerprint density at radius 2 is 2.38 bits per heavy atom. The lowest BCUT2D eigenvalue weighted by Crippen LogP contribution is -2.34. The molecule has 0 bridgehead atoms. The van der Waals surface area contributed by atoms with Crippen molar-refractivity contribution >= 4 is 0 Å². The maximum Gasteiger partial charge on any atom is 0.121 e. The summed E-state index contributed by atoms with van der Waals surface area (Å²) in [6, 6.07) is 1.94. The van der Waals surface area contributed by atoms with Gasteiger partial charge in [-0.1, -0.05) is 0 Å². The average molecular weight is 183 g/mol. The molecule has 4 heteroatoms. The minimum Gasteiger partial charge on any atom is -0.371 e. The summed E-state index contributed by atoms with van der Waals surface area (Å²) in [4.78, 5) is 0. The molecular weight excluding hydrogens is 166 g/mol. The van der Waals surface area contributed by atoms with Gasteiger partial charge in [0.1, 0.15) is 5.60 Å². The fraction of sp³-hybridized carbons (Fsp3) is 0.667. The lowest BCUT2D eigenvalue weighted by Gasteiger charge is -2.23. The Labute approximate surface area is 78.7 Å². The second-order valence-corrected chi connectivity index (χ2v) is 3.20. The van der Waals surface area contributed by atoms with Gasteiger partial charge >= 0.3 is 0 Å². The molecule has 1 atom stereocenters. The molecule has 1 rings (SSSR count). The highest BCUT2D eigenvalue weighted by atomic mass is 16.5. The Balaban J connectivity index is 2.91. The van der Waals surface area contributed by atoms with Crippen LogP contribution in [-0.2, 0) is 16.9 Å². The maximum atomic E-state index is 5.63. The SMILES string of the molecule is CCn1ccc(C(C)(CN)OC)n1. The monoisotopic (exact) mass is 183 g/mol. The average Bonchev–Trinajstić information content (AvgIpc) is 2.65. The lowest BCUT2D eigenvalue weighted by atomic mass is 10.0. The van der Waals surface area contributed by atoms with Gasteiger partial charge in [0.2, 0.25) is 0 Å². The molecule has 4 nitrogen and oxygen atoms in total. The van der Waals surface area contributed by atoms with E-state index in [0.29, 0.717) is 6.54 Å². The van der Waals surface area contributed by atoms with Crippen LogP contribution >= 0.6 is 0 Å². The van der Waals surface area contributed by atoms with Gasteiger partial charge in [-0.05, 0) is 19.9 Å². The van der Waals surface area contributed by atoms with Gasteiger partial charge in [-0.15, -0.1) is 0 Å². The van der Waals surface area contributed by atoms with E-state index in [0.717, 1.165) is 12.2 Å². The van der Waals surface area contributed by atoms with E-state index in [2.05, 4.69) is 5.10 Å². The van der Waals surface area contributed by atoms with Crippen molar-refractivity contribution in [2.75, 3.05) is 13.7 Å². The molecule has 0 spiro atoms. The summed E-state index contributed by atoms with van der Waals surface area (Å²) in [5.74, 6) is 0. The summed E-state index contributed by atoms with van der Waals surface area (Å²) in [7, 11) is 1.65. The molecule has 0 aromatic carbocycles. The Morgan fingerprint density at radius 3 is 2.77 bits per heavy atom. The van der Waals surface area contributed by atoms with Gasteiger partial charge in [-0.3, -0.25) is 4.68 Å². The largest absolute Gasteiger partial charge is 0.371 e.